The number of hydrogen-bond donors (Lipinski definition) is 2. The minimum absolute atomic E-state index is 0.605. The molecular formula is C11H9Cl2N3S. The zero-order valence-electron chi connectivity index (χ0n) is 8.65. The van der Waals surface area contributed by atoms with Crippen molar-refractivity contribution in [3.8, 4) is 0 Å². The molecule has 88 valence electrons. The lowest BCUT2D eigenvalue weighted by molar-refractivity contribution is 1.11. The number of nitrogens with one attached hydrogen (secondary N) is 1. The summed E-state index contributed by atoms with van der Waals surface area (Å²) < 4.78 is 0. The van der Waals surface area contributed by atoms with Crippen molar-refractivity contribution in [2.45, 2.75) is 9.92 Å². The number of hydrazine groups is 1. The number of benzene rings is 1. The molecule has 0 aliphatic carbocycles. The van der Waals surface area contributed by atoms with Crippen molar-refractivity contribution in [3.63, 3.8) is 0 Å². The minimum atomic E-state index is 0.605. The predicted molar refractivity (Wildman–Crippen MR) is 72.6 cm³/mol. The van der Waals surface area contributed by atoms with Crippen molar-refractivity contribution >= 4 is 40.8 Å². The maximum absolute atomic E-state index is 6.07. The molecule has 0 atom stereocenters. The minimum Gasteiger partial charge on any atom is -0.308 e. The number of nitrogen functional groups attached to an aromatic ring is 1. The van der Waals surface area contributed by atoms with Crippen LogP contribution < -0.4 is 11.3 Å². The molecule has 0 aliphatic heterocycles. The highest BCUT2D eigenvalue weighted by molar-refractivity contribution is 7.99. The molecule has 0 radical (unpaired) electrons. The highest BCUT2D eigenvalue weighted by Gasteiger charge is 2.05. The number of halogens is 2. The van der Waals surface area contributed by atoms with E-state index in [4.69, 9.17) is 29.0 Å². The van der Waals surface area contributed by atoms with Gasteiger partial charge < -0.3 is 5.43 Å². The second-order valence-electron chi connectivity index (χ2n) is 3.18. The van der Waals surface area contributed by atoms with Crippen molar-refractivity contribution in [2.24, 2.45) is 5.84 Å². The molecule has 1 aromatic carbocycles. The van der Waals surface area contributed by atoms with Crippen LogP contribution >= 0.6 is 35.0 Å². The number of anilines is 1. The summed E-state index contributed by atoms with van der Waals surface area (Å²) in [5.41, 5.74) is 2.50. The molecule has 1 aromatic heterocycles. The van der Waals surface area contributed by atoms with Gasteiger partial charge in [-0.3, -0.25) is 0 Å². The SMILES string of the molecule is NNc1cccc(Sc2cc(Cl)ccc2Cl)n1. The van der Waals surface area contributed by atoms with Gasteiger partial charge in [-0.05, 0) is 30.3 Å². The number of nitrogens with zero attached hydrogens (tertiary/aromatic N) is 1. The highest BCUT2D eigenvalue weighted by atomic mass is 35.5. The van der Waals surface area contributed by atoms with Crippen LogP contribution in [0.5, 0.6) is 0 Å². The summed E-state index contributed by atoms with van der Waals surface area (Å²) >= 11 is 13.4. The van der Waals surface area contributed by atoms with Crippen LogP contribution in [-0.4, -0.2) is 4.98 Å². The maximum atomic E-state index is 6.07. The molecule has 3 N–H and O–H groups in total. The van der Waals surface area contributed by atoms with Crippen LogP contribution in [0, 0.1) is 0 Å². The number of aromatic nitrogens is 1. The van der Waals surface area contributed by atoms with Gasteiger partial charge in [-0.1, -0.05) is 41.0 Å². The normalized spacial score (nSPS) is 10.3. The van der Waals surface area contributed by atoms with Gasteiger partial charge in [0.25, 0.3) is 0 Å². The third-order valence-electron chi connectivity index (χ3n) is 1.98. The van der Waals surface area contributed by atoms with E-state index in [1.54, 1.807) is 24.3 Å². The number of hydrogen-bond acceptors (Lipinski definition) is 4. The summed E-state index contributed by atoms with van der Waals surface area (Å²) in [5.74, 6) is 5.90. The van der Waals surface area contributed by atoms with Crippen LogP contribution in [0.4, 0.5) is 5.82 Å². The molecule has 0 saturated heterocycles. The summed E-state index contributed by atoms with van der Waals surface area (Å²) in [6.07, 6.45) is 0. The van der Waals surface area contributed by atoms with Crippen LogP contribution in [0.15, 0.2) is 46.3 Å². The molecule has 0 unspecified atom stereocenters. The Kier molecular flexibility index (Phi) is 4.12. The standard InChI is InChI=1S/C11H9Cl2N3S/c12-7-4-5-8(13)9(6-7)17-11-3-1-2-10(15-11)16-14/h1-6H,14H2,(H,15,16). The van der Waals surface area contributed by atoms with Gasteiger partial charge in [0.1, 0.15) is 10.8 Å². The van der Waals surface area contributed by atoms with Crippen molar-refractivity contribution in [2.75, 3.05) is 5.43 Å². The van der Waals surface area contributed by atoms with Crippen LogP contribution in [-0.2, 0) is 0 Å². The average Bonchev–Trinajstić information content (AvgIpc) is 2.34. The van der Waals surface area contributed by atoms with E-state index >= 15 is 0 Å². The maximum Gasteiger partial charge on any atom is 0.141 e. The second kappa shape index (κ2) is 5.60. The summed E-state index contributed by atoms with van der Waals surface area (Å²) in [4.78, 5) is 5.14. The van der Waals surface area contributed by atoms with Crippen LogP contribution in [0.3, 0.4) is 0 Å². The first-order valence-electron chi connectivity index (χ1n) is 4.75. The van der Waals surface area contributed by atoms with E-state index in [1.807, 2.05) is 12.1 Å². The lowest BCUT2D eigenvalue weighted by Crippen LogP contribution is -2.08. The number of nitrogens with two attached hydrogens (primary N) is 1. The molecule has 2 aromatic rings. The summed E-state index contributed by atoms with van der Waals surface area (Å²) in [5, 5.41) is 2.09. The van der Waals surface area contributed by atoms with Crippen LogP contribution in [0.2, 0.25) is 10.0 Å². The van der Waals surface area contributed by atoms with Gasteiger partial charge in [-0.25, -0.2) is 10.8 Å². The largest absolute Gasteiger partial charge is 0.308 e. The van der Waals surface area contributed by atoms with Crippen LogP contribution in [0.25, 0.3) is 0 Å². The Bertz CT molecular complexity index is 534. The molecule has 2 rings (SSSR count). The summed E-state index contributed by atoms with van der Waals surface area (Å²) in [7, 11) is 0. The predicted octanol–water partition coefficient (Wildman–Crippen LogP) is 3.83. The van der Waals surface area contributed by atoms with Gasteiger partial charge in [0, 0.05) is 9.92 Å². The fourth-order valence-electron chi connectivity index (χ4n) is 1.22. The smallest absolute Gasteiger partial charge is 0.141 e. The molecule has 0 saturated carbocycles. The van der Waals surface area contributed by atoms with E-state index in [1.165, 1.54) is 11.8 Å². The van der Waals surface area contributed by atoms with Crippen molar-refractivity contribution in [3.05, 3.63) is 46.4 Å². The first kappa shape index (κ1) is 12.5. The molecule has 0 spiro atoms. The molecule has 0 bridgehead atoms. The van der Waals surface area contributed by atoms with Gasteiger partial charge in [-0.2, -0.15) is 0 Å². The van der Waals surface area contributed by atoms with Gasteiger partial charge in [0.05, 0.1) is 5.02 Å². The summed E-state index contributed by atoms with van der Waals surface area (Å²) in [6.45, 7) is 0. The third kappa shape index (κ3) is 3.26. The van der Waals surface area contributed by atoms with E-state index in [-0.39, 0.29) is 0 Å². The van der Waals surface area contributed by atoms with Gasteiger partial charge in [-0.15, -0.1) is 0 Å². The first-order valence-corrected chi connectivity index (χ1v) is 6.33. The lowest BCUT2D eigenvalue weighted by atomic mass is 10.4. The van der Waals surface area contributed by atoms with Crippen molar-refractivity contribution < 1.29 is 0 Å². The van der Waals surface area contributed by atoms with E-state index in [0.29, 0.717) is 15.9 Å². The average molecular weight is 286 g/mol. The van der Waals surface area contributed by atoms with E-state index in [0.717, 1.165) is 9.92 Å². The Morgan fingerprint density at radius 1 is 1.18 bits per heavy atom. The zero-order valence-corrected chi connectivity index (χ0v) is 11.0. The molecule has 6 heteroatoms. The molecule has 0 fully saturated rings. The summed E-state index contributed by atoms with van der Waals surface area (Å²) in [6, 6.07) is 10.8. The molecule has 3 nitrogen and oxygen atoms in total. The lowest BCUT2D eigenvalue weighted by Gasteiger charge is -2.05. The van der Waals surface area contributed by atoms with Gasteiger partial charge in [0.15, 0.2) is 0 Å². The van der Waals surface area contributed by atoms with Gasteiger partial charge >= 0.3 is 0 Å². The molecule has 0 aliphatic rings. The monoisotopic (exact) mass is 285 g/mol. The Morgan fingerprint density at radius 2 is 2.00 bits per heavy atom. The number of rotatable bonds is 3. The Morgan fingerprint density at radius 3 is 2.76 bits per heavy atom. The Balaban J connectivity index is 2.27. The first-order chi connectivity index (χ1) is 8.19. The van der Waals surface area contributed by atoms with Crippen molar-refractivity contribution in [1.29, 1.82) is 0 Å². The van der Waals surface area contributed by atoms with E-state index < -0.39 is 0 Å². The highest BCUT2D eigenvalue weighted by Crippen LogP contribution is 2.34. The van der Waals surface area contributed by atoms with Crippen LogP contribution in [0.1, 0.15) is 0 Å². The molecule has 0 amide bonds. The third-order valence-corrected chi connectivity index (χ3v) is 3.65. The number of pyridine rings is 1. The fraction of sp³-hybridized carbons (Fsp3) is 0. The van der Waals surface area contributed by atoms with E-state index in [2.05, 4.69) is 10.4 Å². The second-order valence-corrected chi connectivity index (χ2v) is 5.09. The van der Waals surface area contributed by atoms with Crippen molar-refractivity contribution in [1.82, 2.24) is 4.98 Å². The molecular weight excluding hydrogens is 277 g/mol. The zero-order chi connectivity index (χ0) is 12.3. The quantitative estimate of drug-likeness (QED) is 0.665. The Labute approximate surface area is 113 Å². The van der Waals surface area contributed by atoms with E-state index in [9.17, 15) is 0 Å². The molecule has 17 heavy (non-hydrogen) atoms. The molecule has 1 heterocycles. The fourth-order valence-corrected chi connectivity index (χ4v) is 2.56. The van der Waals surface area contributed by atoms with Gasteiger partial charge in [0.2, 0.25) is 0 Å². The Hall–Kier alpha value is -0.940. The topological polar surface area (TPSA) is 50.9 Å².